The van der Waals surface area contributed by atoms with Gasteiger partial charge in [0.2, 0.25) is 0 Å². The van der Waals surface area contributed by atoms with Crippen molar-refractivity contribution in [1.82, 2.24) is 30.1 Å². The van der Waals surface area contributed by atoms with Crippen LogP contribution in [0.3, 0.4) is 0 Å². The van der Waals surface area contributed by atoms with Crippen molar-refractivity contribution in [3.63, 3.8) is 0 Å². The first-order valence-corrected chi connectivity index (χ1v) is 8.60. The number of amides is 1. The van der Waals surface area contributed by atoms with E-state index in [1.165, 1.54) is 0 Å². The van der Waals surface area contributed by atoms with Gasteiger partial charge in [-0.2, -0.15) is 5.10 Å². The van der Waals surface area contributed by atoms with Gasteiger partial charge in [0.1, 0.15) is 5.69 Å². The Hall–Kier alpha value is -3.00. The second-order valence-corrected chi connectivity index (χ2v) is 6.33. The maximum Gasteiger partial charge on any atom is 0.274 e. The third-order valence-corrected chi connectivity index (χ3v) is 4.34. The molecule has 1 aliphatic heterocycles. The van der Waals surface area contributed by atoms with E-state index in [9.17, 15) is 4.79 Å². The SMILES string of the molecule is CN(Cc1cc(-c2ccccn2)no1)C(=O)c1cc2n(n1)CCCNC2. The topological polar surface area (TPSA) is 89.1 Å². The third kappa shape index (κ3) is 3.36. The van der Waals surface area contributed by atoms with Crippen molar-refractivity contribution in [3.8, 4) is 11.4 Å². The van der Waals surface area contributed by atoms with Gasteiger partial charge in [0.25, 0.3) is 5.91 Å². The summed E-state index contributed by atoms with van der Waals surface area (Å²) in [5.41, 5.74) is 2.88. The molecule has 1 aliphatic rings. The van der Waals surface area contributed by atoms with E-state index >= 15 is 0 Å². The van der Waals surface area contributed by atoms with E-state index in [2.05, 4.69) is 20.6 Å². The lowest BCUT2D eigenvalue weighted by Gasteiger charge is -2.13. The van der Waals surface area contributed by atoms with E-state index in [4.69, 9.17) is 4.52 Å². The molecular formula is C18H20N6O2. The van der Waals surface area contributed by atoms with E-state index in [0.717, 1.165) is 37.4 Å². The number of carbonyl (C=O) groups is 1. The zero-order valence-corrected chi connectivity index (χ0v) is 14.6. The summed E-state index contributed by atoms with van der Waals surface area (Å²) in [4.78, 5) is 18.5. The molecule has 4 heterocycles. The summed E-state index contributed by atoms with van der Waals surface area (Å²) in [6, 6.07) is 9.26. The van der Waals surface area contributed by atoms with E-state index in [-0.39, 0.29) is 5.91 Å². The van der Waals surface area contributed by atoms with Crippen LogP contribution in [0.4, 0.5) is 0 Å². The molecule has 0 aliphatic carbocycles. The number of pyridine rings is 1. The maximum atomic E-state index is 12.7. The summed E-state index contributed by atoms with van der Waals surface area (Å²) >= 11 is 0. The number of nitrogens with one attached hydrogen (secondary N) is 1. The summed E-state index contributed by atoms with van der Waals surface area (Å²) in [5, 5.41) is 11.8. The summed E-state index contributed by atoms with van der Waals surface area (Å²) in [5.74, 6) is 0.463. The van der Waals surface area contributed by atoms with E-state index < -0.39 is 0 Å². The molecule has 8 nitrogen and oxygen atoms in total. The van der Waals surface area contributed by atoms with E-state index in [1.54, 1.807) is 24.2 Å². The quantitative estimate of drug-likeness (QED) is 0.769. The van der Waals surface area contributed by atoms with Crippen LogP contribution >= 0.6 is 0 Å². The number of hydrogen-bond donors (Lipinski definition) is 1. The molecule has 134 valence electrons. The largest absolute Gasteiger partial charge is 0.359 e. The van der Waals surface area contributed by atoms with Gasteiger partial charge in [-0.1, -0.05) is 11.2 Å². The van der Waals surface area contributed by atoms with Gasteiger partial charge in [-0.3, -0.25) is 14.5 Å². The molecule has 8 heteroatoms. The van der Waals surface area contributed by atoms with Crippen molar-refractivity contribution in [2.45, 2.75) is 26.1 Å². The summed E-state index contributed by atoms with van der Waals surface area (Å²) in [6.07, 6.45) is 2.71. The van der Waals surface area contributed by atoms with Gasteiger partial charge >= 0.3 is 0 Å². The number of fused-ring (bicyclic) bond motifs is 1. The zero-order chi connectivity index (χ0) is 17.9. The first-order valence-electron chi connectivity index (χ1n) is 8.60. The molecule has 0 atom stereocenters. The van der Waals surface area contributed by atoms with Crippen LogP contribution in [0, 0.1) is 0 Å². The predicted octanol–water partition coefficient (Wildman–Crippen LogP) is 1.70. The van der Waals surface area contributed by atoms with Gasteiger partial charge in [0.15, 0.2) is 11.5 Å². The number of aryl methyl sites for hydroxylation is 1. The standard InChI is InChI=1S/C18H20N6O2/c1-23(12-14-10-16(22-26-14)15-5-2-3-7-20-15)18(25)17-9-13-11-19-6-4-8-24(13)21-17/h2-3,5,7,9-10,19H,4,6,8,11-12H2,1H3. The molecule has 0 bridgehead atoms. The van der Waals surface area contributed by atoms with Crippen LogP contribution in [0.2, 0.25) is 0 Å². The molecule has 0 aromatic carbocycles. The lowest BCUT2D eigenvalue weighted by atomic mass is 10.2. The number of aromatic nitrogens is 4. The predicted molar refractivity (Wildman–Crippen MR) is 94.1 cm³/mol. The number of hydrogen-bond acceptors (Lipinski definition) is 6. The van der Waals surface area contributed by atoms with Crippen molar-refractivity contribution in [1.29, 1.82) is 0 Å². The molecule has 1 N–H and O–H groups in total. The normalized spacial score (nSPS) is 13.9. The molecule has 0 saturated carbocycles. The van der Waals surface area contributed by atoms with Crippen LogP contribution in [0.25, 0.3) is 11.4 Å². The summed E-state index contributed by atoms with van der Waals surface area (Å²) in [6.45, 7) is 2.85. The average molecular weight is 352 g/mol. The molecular weight excluding hydrogens is 332 g/mol. The van der Waals surface area contributed by atoms with Gasteiger partial charge in [-0.25, -0.2) is 0 Å². The fourth-order valence-corrected chi connectivity index (χ4v) is 2.99. The lowest BCUT2D eigenvalue weighted by Crippen LogP contribution is -2.26. The fourth-order valence-electron chi connectivity index (χ4n) is 2.99. The molecule has 4 rings (SSSR count). The zero-order valence-electron chi connectivity index (χ0n) is 14.6. The molecule has 3 aromatic rings. The van der Waals surface area contributed by atoms with Crippen LogP contribution < -0.4 is 5.32 Å². The highest BCUT2D eigenvalue weighted by molar-refractivity contribution is 5.92. The first-order chi connectivity index (χ1) is 12.7. The molecule has 0 unspecified atom stereocenters. The van der Waals surface area contributed by atoms with E-state index in [1.807, 2.05) is 28.9 Å². The van der Waals surface area contributed by atoms with Crippen LogP contribution in [0.15, 0.2) is 41.1 Å². The Bertz CT molecular complexity index is 878. The van der Waals surface area contributed by atoms with Crippen LogP contribution in [0.5, 0.6) is 0 Å². The number of carbonyl (C=O) groups excluding carboxylic acids is 1. The highest BCUT2D eigenvalue weighted by atomic mass is 16.5. The fraction of sp³-hybridized carbons (Fsp3) is 0.333. The van der Waals surface area contributed by atoms with Crippen LogP contribution in [-0.4, -0.2) is 44.3 Å². The Labute approximate surface area is 150 Å². The highest BCUT2D eigenvalue weighted by Gasteiger charge is 2.20. The first kappa shape index (κ1) is 16.5. The Morgan fingerprint density at radius 1 is 1.35 bits per heavy atom. The molecule has 0 fully saturated rings. The Morgan fingerprint density at radius 3 is 3.12 bits per heavy atom. The third-order valence-electron chi connectivity index (χ3n) is 4.34. The van der Waals surface area contributed by atoms with Crippen molar-refractivity contribution in [2.24, 2.45) is 0 Å². The molecule has 0 radical (unpaired) electrons. The Morgan fingerprint density at radius 2 is 2.27 bits per heavy atom. The minimum Gasteiger partial charge on any atom is -0.359 e. The summed E-state index contributed by atoms with van der Waals surface area (Å²) in [7, 11) is 1.73. The molecule has 0 spiro atoms. The average Bonchev–Trinajstić information content (AvgIpc) is 3.24. The lowest BCUT2D eigenvalue weighted by molar-refractivity contribution is 0.0765. The smallest absolute Gasteiger partial charge is 0.274 e. The second-order valence-electron chi connectivity index (χ2n) is 6.33. The Kier molecular flexibility index (Phi) is 4.49. The van der Waals surface area contributed by atoms with Gasteiger partial charge < -0.3 is 14.7 Å². The molecule has 26 heavy (non-hydrogen) atoms. The van der Waals surface area contributed by atoms with Gasteiger partial charge in [-0.05, 0) is 31.2 Å². The maximum absolute atomic E-state index is 12.7. The minimum atomic E-state index is -0.138. The van der Waals surface area contributed by atoms with Gasteiger partial charge in [0, 0.05) is 32.4 Å². The van der Waals surface area contributed by atoms with Crippen LogP contribution in [-0.2, 0) is 19.6 Å². The van der Waals surface area contributed by atoms with Crippen molar-refractivity contribution < 1.29 is 9.32 Å². The highest BCUT2D eigenvalue weighted by Crippen LogP contribution is 2.18. The van der Waals surface area contributed by atoms with E-state index in [0.29, 0.717) is 23.7 Å². The Balaban J connectivity index is 1.46. The van der Waals surface area contributed by atoms with Gasteiger partial charge in [-0.15, -0.1) is 0 Å². The minimum absolute atomic E-state index is 0.138. The molecule has 1 amide bonds. The van der Waals surface area contributed by atoms with Gasteiger partial charge in [0.05, 0.1) is 17.9 Å². The second kappa shape index (κ2) is 7.09. The van der Waals surface area contributed by atoms with Crippen LogP contribution in [0.1, 0.15) is 28.4 Å². The summed E-state index contributed by atoms with van der Waals surface area (Å²) < 4.78 is 7.27. The number of rotatable bonds is 4. The monoisotopic (exact) mass is 352 g/mol. The molecule has 3 aromatic heterocycles. The van der Waals surface area contributed by atoms with Crippen molar-refractivity contribution >= 4 is 5.91 Å². The van der Waals surface area contributed by atoms with Crippen molar-refractivity contribution in [2.75, 3.05) is 13.6 Å². The van der Waals surface area contributed by atoms with Crippen molar-refractivity contribution in [3.05, 3.63) is 53.7 Å². The number of nitrogens with zero attached hydrogens (tertiary/aromatic N) is 5. The molecule has 0 saturated heterocycles.